The van der Waals surface area contributed by atoms with E-state index in [-0.39, 0.29) is 0 Å². The van der Waals surface area contributed by atoms with Crippen molar-refractivity contribution < 1.29 is 49.2 Å². The molecule has 13 heteroatoms. The lowest BCUT2D eigenvalue weighted by Crippen LogP contribution is -2.21. The van der Waals surface area contributed by atoms with E-state index in [1.807, 2.05) is 18.2 Å². The molecule has 0 amide bonds. The van der Waals surface area contributed by atoms with Crippen molar-refractivity contribution in [1.82, 2.24) is 0 Å². The molecule has 23 heavy (non-hydrogen) atoms. The van der Waals surface area contributed by atoms with E-state index >= 15 is 0 Å². The van der Waals surface area contributed by atoms with Gasteiger partial charge in [0.25, 0.3) is 0 Å². The number of benzene rings is 1. The Morgan fingerprint density at radius 3 is 1.48 bits per heavy atom. The van der Waals surface area contributed by atoms with Crippen molar-refractivity contribution in [3.8, 4) is 0 Å². The number of carboxylic acids is 1. The molecule has 2 N–H and O–H groups in total. The van der Waals surface area contributed by atoms with Crippen molar-refractivity contribution in [2.45, 2.75) is 16.6 Å². The van der Waals surface area contributed by atoms with Crippen molar-refractivity contribution in [2.24, 2.45) is 0 Å². The van der Waals surface area contributed by atoms with Crippen LogP contribution in [0.4, 0.5) is 26.3 Å². The maximum Gasteiger partial charge on any atom is 0.522 e. The highest BCUT2D eigenvalue weighted by Gasteiger charge is 2.44. The summed E-state index contributed by atoms with van der Waals surface area (Å²) < 4.78 is 89.3. The van der Waals surface area contributed by atoms with E-state index in [2.05, 4.69) is 18.4 Å². The smallest absolute Gasteiger partial charge is 0.475 e. The molecule has 1 rings (SSSR count). The van der Waals surface area contributed by atoms with Crippen LogP contribution in [0.5, 0.6) is 0 Å². The largest absolute Gasteiger partial charge is 0.522 e. The van der Waals surface area contributed by atoms with E-state index in [1.165, 1.54) is 4.90 Å². The van der Waals surface area contributed by atoms with E-state index in [4.69, 9.17) is 22.9 Å². The lowest BCUT2D eigenvalue weighted by atomic mass is 10.4. The SMILES string of the molecule is CSc1ccccc1.O=C(O)C(F)(F)F.O=S(=O)(O)C(F)(F)F. The van der Waals surface area contributed by atoms with Gasteiger partial charge in [0, 0.05) is 4.90 Å². The van der Waals surface area contributed by atoms with E-state index in [0.29, 0.717) is 0 Å². The maximum absolute atomic E-state index is 10.7. The average molecular weight is 388 g/mol. The molecular weight excluding hydrogens is 378 g/mol. The van der Waals surface area contributed by atoms with Crippen LogP contribution >= 0.6 is 11.8 Å². The second-order valence-corrected chi connectivity index (χ2v) is 5.53. The zero-order chi connectivity index (χ0) is 18.9. The molecule has 0 atom stereocenters. The summed E-state index contributed by atoms with van der Waals surface area (Å²) in [4.78, 5) is 10.2. The van der Waals surface area contributed by atoms with Gasteiger partial charge in [0.05, 0.1) is 0 Å². The van der Waals surface area contributed by atoms with Gasteiger partial charge in [-0.15, -0.1) is 11.8 Å². The fraction of sp³-hybridized carbons (Fsp3) is 0.300. The molecule has 5 nitrogen and oxygen atoms in total. The van der Waals surface area contributed by atoms with Crippen molar-refractivity contribution >= 4 is 27.8 Å². The first-order valence-electron chi connectivity index (χ1n) is 5.05. The Morgan fingerprint density at radius 2 is 1.35 bits per heavy atom. The molecule has 1 aromatic rings. The number of hydrogen-bond acceptors (Lipinski definition) is 4. The predicted octanol–water partition coefficient (Wildman–Crippen LogP) is 3.44. The van der Waals surface area contributed by atoms with Gasteiger partial charge < -0.3 is 5.11 Å². The van der Waals surface area contributed by atoms with Gasteiger partial charge in [-0.3, -0.25) is 4.55 Å². The number of carbonyl (C=O) groups is 1. The molecule has 0 aliphatic rings. The summed E-state index contributed by atoms with van der Waals surface area (Å²) in [6.07, 6.45) is -3.00. The molecule has 1 aromatic carbocycles. The minimum Gasteiger partial charge on any atom is -0.475 e. The van der Waals surface area contributed by atoms with Gasteiger partial charge in [-0.1, -0.05) is 18.2 Å². The highest BCUT2D eigenvalue weighted by atomic mass is 32.2. The van der Waals surface area contributed by atoms with Gasteiger partial charge in [-0.2, -0.15) is 34.8 Å². The Kier molecular flexibility index (Phi) is 9.95. The van der Waals surface area contributed by atoms with Crippen LogP contribution in [0.3, 0.4) is 0 Å². The summed E-state index contributed by atoms with van der Waals surface area (Å²) >= 11 is 1.77. The van der Waals surface area contributed by atoms with Crippen molar-refractivity contribution in [3.63, 3.8) is 0 Å². The van der Waals surface area contributed by atoms with Crippen molar-refractivity contribution in [1.29, 1.82) is 0 Å². The minimum absolute atomic E-state index is 1.33. The molecule has 0 heterocycles. The number of thioether (sulfide) groups is 1. The summed E-state index contributed by atoms with van der Waals surface area (Å²) in [6, 6.07) is 10.3. The fourth-order valence-corrected chi connectivity index (χ4v) is 0.986. The van der Waals surface area contributed by atoms with E-state index in [0.717, 1.165) is 0 Å². The van der Waals surface area contributed by atoms with E-state index in [9.17, 15) is 26.3 Å². The quantitative estimate of drug-likeness (QED) is 0.332. The molecule has 0 spiro atoms. The first-order chi connectivity index (χ1) is 10.1. The van der Waals surface area contributed by atoms with Crippen LogP contribution in [0, 0.1) is 0 Å². The standard InChI is InChI=1S/C7H8S.C2HF3O2.CHF3O3S/c1-8-7-5-3-2-4-6-7;3-2(4,5)1(6)7;2-1(3,4)8(5,6)7/h2-6H,1H3;(H,6,7);(H,5,6,7). The highest BCUT2D eigenvalue weighted by Crippen LogP contribution is 2.20. The molecule has 0 saturated carbocycles. The zero-order valence-electron chi connectivity index (χ0n) is 11.1. The number of hydrogen-bond donors (Lipinski definition) is 2. The molecule has 0 aromatic heterocycles. The average Bonchev–Trinajstić information content (AvgIpc) is 2.37. The molecule has 134 valence electrons. The number of rotatable bonds is 1. The van der Waals surface area contributed by atoms with Crippen LogP contribution in [0.1, 0.15) is 0 Å². The summed E-state index contributed by atoms with van der Waals surface area (Å²) in [7, 11) is -5.84. The Labute approximate surface area is 131 Å². The Bertz CT molecular complexity index is 568. The molecule has 0 aliphatic carbocycles. The molecule has 0 radical (unpaired) electrons. The summed E-state index contributed by atoms with van der Waals surface area (Å²) in [6.45, 7) is 0. The number of alkyl halides is 6. The van der Waals surface area contributed by atoms with Crippen LogP contribution < -0.4 is 0 Å². The molecular formula is C10H10F6O5S2. The minimum atomic E-state index is -5.84. The highest BCUT2D eigenvalue weighted by molar-refractivity contribution is 7.98. The van der Waals surface area contributed by atoms with Crippen molar-refractivity contribution in [2.75, 3.05) is 6.26 Å². The number of aliphatic carboxylic acids is 1. The molecule has 0 saturated heterocycles. The normalized spacial score (nSPS) is 11.5. The lowest BCUT2D eigenvalue weighted by molar-refractivity contribution is -0.192. The van der Waals surface area contributed by atoms with Gasteiger partial charge in [0.15, 0.2) is 0 Å². The van der Waals surface area contributed by atoms with E-state index < -0.39 is 27.8 Å². The summed E-state index contributed by atoms with van der Waals surface area (Å²) in [5, 5.41) is 7.12. The predicted molar refractivity (Wildman–Crippen MR) is 69.5 cm³/mol. The van der Waals surface area contributed by atoms with Gasteiger partial charge >= 0.3 is 27.8 Å². The monoisotopic (exact) mass is 388 g/mol. The first kappa shape index (κ1) is 23.8. The lowest BCUT2D eigenvalue weighted by Gasteiger charge is -1.97. The Morgan fingerprint density at radius 1 is 1.04 bits per heavy atom. The number of halogens is 6. The second kappa shape index (κ2) is 9.62. The third-order valence-electron chi connectivity index (χ3n) is 1.51. The second-order valence-electron chi connectivity index (χ2n) is 3.24. The zero-order valence-corrected chi connectivity index (χ0v) is 12.7. The van der Waals surface area contributed by atoms with Crippen LogP contribution in [0.15, 0.2) is 35.2 Å². The van der Waals surface area contributed by atoms with Crippen LogP contribution in [-0.4, -0.2) is 42.0 Å². The van der Waals surface area contributed by atoms with Gasteiger partial charge in [-0.25, -0.2) is 4.79 Å². The molecule has 0 fully saturated rings. The molecule has 0 unspecified atom stereocenters. The number of carboxylic acid groups (broad SMARTS) is 1. The fourth-order valence-electron chi connectivity index (χ4n) is 0.557. The van der Waals surface area contributed by atoms with Crippen LogP contribution in [0.2, 0.25) is 0 Å². The Balaban J connectivity index is 0. The Hall–Kier alpha value is -1.47. The van der Waals surface area contributed by atoms with Gasteiger partial charge in [0.1, 0.15) is 0 Å². The van der Waals surface area contributed by atoms with Crippen molar-refractivity contribution in [3.05, 3.63) is 30.3 Å². The summed E-state index contributed by atoms with van der Waals surface area (Å²) in [5.41, 5.74) is -5.53. The van der Waals surface area contributed by atoms with Crippen LogP contribution in [-0.2, 0) is 14.9 Å². The van der Waals surface area contributed by atoms with E-state index in [1.54, 1.807) is 11.8 Å². The topological polar surface area (TPSA) is 91.7 Å². The molecule has 0 aliphatic heterocycles. The summed E-state index contributed by atoms with van der Waals surface area (Å²) in [5.74, 6) is -2.76. The third kappa shape index (κ3) is 12.7. The van der Waals surface area contributed by atoms with Crippen LogP contribution in [0.25, 0.3) is 0 Å². The van der Waals surface area contributed by atoms with Gasteiger partial charge in [0.2, 0.25) is 0 Å². The third-order valence-corrected chi connectivity index (χ3v) is 2.84. The maximum atomic E-state index is 10.7. The van der Waals surface area contributed by atoms with Gasteiger partial charge in [-0.05, 0) is 18.4 Å². The molecule has 0 bridgehead atoms. The first-order valence-corrected chi connectivity index (χ1v) is 7.72.